The summed E-state index contributed by atoms with van der Waals surface area (Å²) in [5.74, 6) is 0.880. The van der Waals surface area contributed by atoms with Crippen molar-refractivity contribution in [3.63, 3.8) is 0 Å². The van der Waals surface area contributed by atoms with Gasteiger partial charge in [0, 0.05) is 37.1 Å². The summed E-state index contributed by atoms with van der Waals surface area (Å²) in [4.78, 5) is 14.0. The second-order valence-corrected chi connectivity index (χ2v) is 8.52. The molecule has 0 aromatic carbocycles. The Hall–Kier alpha value is -1.16. The first-order valence-electron chi connectivity index (χ1n) is 8.39. The van der Waals surface area contributed by atoms with Gasteiger partial charge in [0.2, 0.25) is 5.95 Å². The standard InChI is InChI=1S/C18H32N4/c1-17(2,3)14-12-19-16(20-13-14)22-10-8-15(9-11-22)21(7)18(4,5)6/h12-13,15H,8-11H2,1-7H3. The smallest absolute Gasteiger partial charge is 0.225 e. The first-order chi connectivity index (χ1) is 10.1. The molecular weight excluding hydrogens is 272 g/mol. The van der Waals surface area contributed by atoms with Crippen molar-refractivity contribution in [1.29, 1.82) is 0 Å². The summed E-state index contributed by atoms with van der Waals surface area (Å²) in [6, 6.07) is 0.657. The molecule has 124 valence electrons. The minimum absolute atomic E-state index is 0.112. The number of piperidine rings is 1. The number of rotatable bonds is 2. The third kappa shape index (κ3) is 3.97. The first kappa shape index (κ1) is 17.2. The van der Waals surface area contributed by atoms with Crippen LogP contribution in [0.1, 0.15) is 59.9 Å². The van der Waals surface area contributed by atoms with Crippen LogP contribution in [0, 0.1) is 0 Å². The Labute approximate surface area is 135 Å². The Balaban J connectivity index is 1.97. The molecule has 0 spiro atoms. The van der Waals surface area contributed by atoms with Gasteiger partial charge < -0.3 is 4.90 Å². The molecule has 22 heavy (non-hydrogen) atoms. The molecule has 2 rings (SSSR count). The van der Waals surface area contributed by atoms with E-state index >= 15 is 0 Å². The van der Waals surface area contributed by atoms with Gasteiger partial charge in [-0.25, -0.2) is 9.97 Å². The van der Waals surface area contributed by atoms with Crippen molar-refractivity contribution in [2.24, 2.45) is 0 Å². The second-order valence-electron chi connectivity index (χ2n) is 8.52. The zero-order chi connectivity index (χ0) is 16.5. The molecule has 1 saturated heterocycles. The van der Waals surface area contributed by atoms with Gasteiger partial charge in [-0.05, 0) is 51.6 Å². The highest BCUT2D eigenvalue weighted by Gasteiger charge is 2.29. The van der Waals surface area contributed by atoms with Crippen LogP contribution in [0.25, 0.3) is 0 Å². The summed E-state index contributed by atoms with van der Waals surface area (Å²) in [6.45, 7) is 15.5. The largest absolute Gasteiger partial charge is 0.341 e. The van der Waals surface area contributed by atoms with Crippen molar-refractivity contribution in [3.8, 4) is 0 Å². The molecule has 0 amide bonds. The third-order valence-electron chi connectivity index (χ3n) is 4.86. The molecule has 4 nitrogen and oxygen atoms in total. The van der Waals surface area contributed by atoms with Gasteiger partial charge in [0.1, 0.15) is 0 Å². The SMILES string of the molecule is CN(C1CCN(c2ncc(C(C)(C)C)cn2)CC1)C(C)(C)C. The molecule has 2 heterocycles. The van der Waals surface area contributed by atoms with Crippen molar-refractivity contribution in [3.05, 3.63) is 18.0 Å². The maximum atomic E-state index is 4.59. The van der Waals surface area contributed by atoms with Gasteiger partial charge in [-0.15, -0.1) is 0 Å². The molecule has 4 heteroatoms. The molecule has 0 atom stereocenters. The van der Waals surface area contributed by atoms with Crippen molar-refractivity contribution in [2.45, 2.75) is 71.4 Å². The monoisotopic (exact) mass is 304 g/mol. The van der Waals surface area contributed by atoms with E-state index in [4.69, 9.17) is 0 Å². The van der Waals surface area contributed by atoms with Gasteiger partial charge in [-0.1, -0.05) is 20.8 Å². The Morgan fingerprint density at radius 2 is 1.50 bits per heavy atom. The molecule has 0 aliphatic carbocycles. The Morgan fingerprint density at radius 1 is 1.00 bits per heavy atom. The Kier molecular flexibility index (Phi) is 4.81. The van der Waals surface area contributed by atoms with E-state index in [0.29, 0.717) is 6.04 Å². The van der Waals surface area contributed by atoms with Gasteiger partial charge in [-0.3, -0.25) is 4.90 Å². The average Bonchev–Trinajstić information content (AvgIpc) is 2.45. The lowest BCUT2D eigenvalue weighted by Crippen LogP contribution is -2.50. The molecule has 0 saturated carbocycles. The third-order valence-corrected chi connectivity index (χ3v) is 4.86. The van der Waals surface area contributed by atoms with Crippen LogP contribution in [-0.4, -0.2) is 46.6 Å². The summed E-state index contributed by atoms with van der Waals surface area (Å²) in [7, 11) is 2.24. The maximum Gasteiger partial charge on any atom is 0.225 e. The van der Waals surface area contributed by atoms with E-state index in [1.54, 1.807) is 0 Å². The highest BCUT2D eigenvalue weighted by molar-refractivity contribution is 5.32. The van der Waals surface area contributed by atoms with Crippen LogP contribution in [0.15, 0.2) is 12.4 Å². The molecule has 1 aromatic heterocycles. The van der Waals surface area contributed by atoms with E-state index in [0.717, 1.165) is 19.0 Å². The zero-order valence-electron chi connectivity index (χ0n) is 15.3. The Bertz CT molecular complexity index is 473. The topological polar surface area (TPSA) is 32.3 Å². The van der Waals surface area contributed by atoms with Crippen LogP contribution in [0.5, 0.6) is 0 Å². The molecule has 0 bridgehead atoms. The van der Waals surface area contributed by atoms with Gasteiger partial charge >= 0.3 is 0 Å². The van der Waals surface area contributed by atoms with Gasteiger partial charge in [0.25, 0.3) is 0 Å². The molecule has 0 unspecified atom stereocenters. The summed E-state index contributed by atoms with van der Waals surface area (Å²) in [6.07, 6.45) is 6.32. The quantitative estimate of drug-likeness (QED) is 0.837. The average molecular weight is 304 g/mol. The molecule has 1 aromatic rings. The van der Waals surface area contributed by atoms with E-state index in [9.17, 15) is 0 Å². The van der Waals surface area contributed by atoms with Gasteiger partial charge in [-0.2, -0.15) is 0 Å². The van der Waals surface area contributed by atoms with Gasteiger partial charge in [0.15, 0.2) is 0 Å². The molecular formula is C18H32N4. The number of anilines is 1. The van der Waals surface area contributed by atoms with Crippen LogP contribution in [0.4, 0.5) is 5.95 Å². The predicted molar refractivity (Wildman–Crippen MR) is 93.5 cm³/mol. The lowest BCUT2D eigenvalue weighted by molar-refractivity contribution is 0.0994. The fourth-order valence-electron chi connectivity index (χ4n) is 2.87. The summed E-state index contributed by atoms with van der Waals surface area (Å²) < 4.78 is 0. The van der Waals surface area contributed by atoms with Crippen molar-refractivity contribution in [2.75, 3.05) is 25.0 Å². The summed E-state index contributed by atoms with van der Waals surface area (Å²) >= 11 is 0. The van der Waals surface area contributed by atoms with Gasteiger partial charge in [0.05, 0.1) is 0 Å². The number of nitrogens with zero attached hydrogens (tertiary/aromatic N) is 4. The fraction of sp³-hybridized carbons (Fsp3) is 0.778. The number of hydrogen-bond acceptors (Lipinski definition) is 4. The van der Waals surface area contributed by atoms with E-state index in [2.05, 4.69) is 68.4 Å². The van der Waals surface area contributed by atoms with E-state index < -0.39 is 0 Å². The number of hydrogen-bond donors (Lipinski definition) is 0. The van der Waals surface area contributed by atoms with Crippen molar-refractivity contribution < 1.29 is 0 Å². The highest BCUT2D eigenvalue weighted by Crippen LogP contribution is 2.25. The normalized spacial score (nSPS) is 18.1. The maximum absolute atomic E-state index is 4.59. The minimum atomic E-state index is 0.112. The van der Waals surface area contributed by atoms with Crippen LogP contribution in [-0.2, 0) is 5.41 Å². The molecule has 1 aliphatic heterocycles. The van der Waals surface area contributed by atoms with Crippen LogP contribution >= 0.6 is 0 Å². The first-order valence-corrected chi connectivity index (χ1v) is 8.39. The van der Waals surface area contributed by atoms with Crippen LogP contribution < -0.4 is 4.90 Å². The van der Waals surface area contributed by atoms with Crippen LogP contribution in [0.2, 0.25) is 0 Å². The Morgan fingerprint density at radius 3 is 1.91 bits per heavy atom. The van der Waals surface area contributed by atoms with E-state index in [1.807, 2.05) is 12.4 Å². The predicted octanol–water partition coefficient (Wildman–Crippen LogP) is 3.47. The van der Waals surface area contributed by atoms with Crippen molar-refractivity contribution in [1.82, 2.24) is 14.9 Å². The lowest BCUT2D eigenvalue weighted by atomic mass is 9.89. The fourth-order valence-corrected chi connectivity index (χ4v) is 2.87. The minimum Gasteiger partial charge on any atom is -0.341 e. The molecule has 1 fully saturated rings. The van der Waals surface area contributed by atoms with E-state index in [-0.39, 0.29) is 11.0 Å². The molecule has 0 radical (unpaired) electrons. The highest BCUT2D eigenvalue weighted by atomic mass is 15.3. The van der Waals surface area contributed by atoms with Crippen LogP contribution in [0.3, 0.4) is 0 Å². The van der Waals surface area contributed by atoms with E-state index in [1.165, 1.54) is 18.4 Å². The zero-order valence-corrected chi connectivity index (χ0v) is 15.3. The molecule has 0 N–H and O–H groups in total. The lowest BCUT2D eigenvalue weighted by Gasteiger charge is -2.43. The molecule has 1 aliphatic rings. The summed E-state index contributed by atoms with van der Waals surface area (Å²) in [5.41, 5.74) is 1.54. The number of aromatic nitrogens is 2. The van der Waals surface area contributed by atoms with Crippen molar-refractivity contribution >= 4 is 5.95 Å². The second kappa shape index (κ2) is 6.15. The summed E-state index contributed by atoms with van der Waals surface area (Å²) in [5, 5.41) is 0.